The maximum Gasteiger partial charge on any atom is 0.246 e. The zero-order chi connectivity index (χ0) is 14.4. The average molecular weight is 303 g/mol. The normalized spacial score (nSPS) is 13.9. The second-order valence-corrected chi connectivity index (χ2v) is 5.98. The van der Waals surface area contributed by atoms with Gasteiger partial charge in [0.25, 0.3) is 0 Å². The molecule has 3 aromatic heterocycles. The molecule has 1 aliphatic heterocycles. The van der Waals surface area contributed by atoms with E-state index < -0.39 is 0 Å². The monoisotopic (exact) mass is 303 g/mol. The zero-order valence-corrected chi connectivity index (χ0v) is 12.1. The number of H-pyrrole nitrogens is 1. The van der Waals surface area contributed by atoms with Crippen LogP contribution in [0.2, 0.25) is 0 Å². The molecule has 0 spiro atoms. The van der Waals surface area contributed by atoms with E-state index in [1.165, 1.54) is 16.2 Å². The summed E-state index contributed by atoms with van der Waals surface area (Å²) in [5.74, 6) is 2.14. The summed E-state index contributed by atoms with van der Waals surface area (Å²) in [5, 5.41) is 11.6. The molecule has 0 unspecified atom stereocenters. The highest BCUT2D eigenvalue weighted by molar-refractivity contribution is 7.15. The third kappa shape index (κ3) is 2.05. The van der Waals surface area contributed by atoms with Crippen LogP contribution in [0.4, 0.5) is 10.9 Å². The molecule has 0 saturated heterocycles. The molecule has 21 heavy (non-hydrogen) atoms. The third-order valence-corrected chi connectivity index (χ3v) is 4.35. The number of rotatable bonds is 2. The zero-order valence-electron chi connectivity index (χ0n) is 11.3. The van der Waals surface area contributed by atoms with Crippen LogP contribution < -0.4 is 10.6 Å². The fourth-order valence-corrected chi connectivity index (χ4v) is 3.35. The highest BCUT2D eigenvalue weighted by Crippen LogP contribution is 2.38. The first-order chi connectivity index (χ1) is 10.2. The maximum atomic E-state index is 5.83. The Morgan fingerprint density at radius 2 is 2.38 bits per heavy atom. The Labute approximate surface area is 124 Å². The van der Waals surface area contributed by atoms with Crippen LogP contribution in [0, 0.1) is 6.92 Å². The lowest BCUT2D eigenvalue weighted by molar-refractivity contribution is 0.372. The van der Waals surface area contributed by atoms with E-state index in [0.29, 0.717) is 23.4 Å². The SMILES string of the molecule is Cc1noc(CN2CCc3sc(N)nc3-c3cn[nH]c32)n1. The number of nitrogen functional groups attached to an aromatic ring is 1. The molecule has 0 radical (unpaired) electrons. The van der Waals surface area contributed by atoms with Crippen LogP contribution in [-0.2, 0) is 13.0 Å². The average Bonchev–Trinajstić information content (AvgIpc) is 3.13. The van der Waals surface area contributed by atoms with Gasteiger partial charge in [-0.25, -0.2) is 4.98 Å². The van der Waals surface area contributed by atoms with Gasteiger partial charge in [-0.3, -0.25) is 5.10 Å². The highest BCUT2D eigenvalue weighted by Gasteiger charge is 2.25. The Morgan fingerprint density at radius 1 is 1.48 bits per heavy atom. The molecular weight excluding hydrogens is 290 g/mol. The van der Waals surface area contributed by atoms with Crippen molar-refractivity contribution in [2.75, 3.05) is 17.2 Å². The van der Waals surface area contributed by atoms with Crippen molar-refractivity contribution < 1.29 is 4.52 Å². The number of hydrogen-bond acceptors (Lipinski definition) is 8. The molecule has 3 aromatic rings. The van der Waals surface area contributed by atoms with Crippen LogP contribution in [0.5, 0.6) is 0 Å². The minimum atomic E-state index is 0.542. The molecule has 8 nitrogen and oxygen atoms in total. The van der Waals surface area contributed by atoms with Crippen molar-refractivity contribution in [3.63, 3.8) is 0 Å². The molecule has 3 N–H and O–H groups in total. The summed E-state index contributed by atoms with van der Waals surface area (Å²) in [6, 6.07) is 0. The summed E-state index contributed by atoms with van der Waals surface area (Å²) in [6.45, 7) is 3.16. The molecule has 9 heteroatoms. The van der Waals surface area contributed by atoms with E-state index in [1.54, 1.807) is 13.1 Å². The topological polar surface area (TPSA) is 110 Å². The van der Waals surface area contributed by atoms with Gasteiger partial charge < -0.3 is 15.2 Å². The molecule has 0 amide bonds. The summed E-state index contributed by atoms with van der Waals surface area (Å²) in [6.07, 6.45) is 2.66. The lowest BCUT2D eigenvalue weighted by Gasteiger charge is -2.19. The van der Waals surface area contributed by atoms with Crippen molar-refractivity contribution in [1.82, 2.24) is 25.3 Å². The van der Waals surface area contributed by atoms with Gasteiger partial charge in [-0.05, 0) is 6.92 Å². The number of nitrogens with one attached hydrogen (secondary N) is 1. The summed E-state index contributed by atoms with van der Waals surface area (Å²) in [7, 11) is 0. The van der Waals surface area contributed by atoms with Crippen molar-refractivity contribution in [1.29, 1.82) is 0 Å². The largest absolute Gasteiger partial charge is 0.375 e. The Bertz CT molecular complexity index is 789. The first kappa shape index (κ1) is 12.3. The van der Waals surface area contributed by atoms with Crippen LogP contribution in [0.25, 0.3) is 11.3 Å². The van der Waals surface area contributed by atoms with Crippen LogP contribution in [0.3, 0.4) is 0 Å². The van der Waals surface area contributed by atoms with Crippen LogP contribution in [-0.4, -0.2) is 31.9 Å². The standard InChI is InChI=1S/C12H13N7OS/c1-6-15-9(20-18-6)5-19-3-2-8-10(16-12(13)21-8)7-4-14-17-11(7)19/h4H,2-3,5H2,1H3,(H2,13,16)(H,14,17). The second kappa shape index (κ2) is 4.55. The number of aryl methyl sites for hydroxylation is 1. The van der Waals surface area contributed by atoms with E-state index >= 15 is 0 Å². The van der Waals surface area contributed by atoms with Crippen molar-refractivity contribution in [3.05, 3.63) is 22.8 Å². The van der Waals surface area contributed by atoms with Crippen LogP contribution >= 0.6 is 11.3 Å². The first-order valence-electron chi connectivity index (χ1n) is 6.54. The number of aromatic nitrogens is 5. The van der Waals surface area contributed by atoms with E-state index in [1.807, 2.05) is 0 Å². The fourth-order valence-electron chi connectivity index (χ4n) is 2.52. The molecule has 0 saturated carbocycles. The minimum Gasteiger partial charge on any atom is -0.375 e. The van der Waals surface area contributed by atoms with Gasteiger partial charge in [0, 0.05) is 17.8 Å². The number of anilines is 2. The van der Waals surface area contributed by atoms with Gasteiger partial charge in [0.2, 0.25) is 5.89 Å². The van der Waals surface area contributed by atoms with Crippen LogP contribution in [0.1, 0.15) is 16.6 Å². The van der Waals surface area contributed by atoms with Crippen molar-refractivity contribution in [3.8, 4) is 11.3 Å². The lowest BCUT2D eigenvalue weighted by Crippen LogP contribution is -2.25. The quantitative estimate of drug-likeness (QED) is 0.735. The van der Waals surface area contributed by atoms with Crippen LogP contribution in [0.15, 0.2) is 10.7 Å². The van der Waals surface area contributed by atoms with Crippen molar-refractivity contribution >= 4 is 22.3 Å². The molecule has 1 aliphatic rings. The van der Waals surface area contributed by atoms with Crippen molar-refractivity contribution in [2.24, 2.45) is 0 Å². The molecule has 108 valence electrons. The molecular formula is C12H13N7OS. The summed E-state index contributed by atoms with van der Waals surface area (Å²) in [5.41, 5.74) is 7.71. The maximum absolute atomic E-state index is 5.83. The molecule has 0 aliphatic carbocycles. The Hall–Kier alpha value is -2.42. The number of aromatic amines is 1. The number of fused-ring (bicyclic) bond motifs is 3. The Morgan fingerprint density at radius 3 is 3.19 bits per heavy atom. The van der Waals surface area contributed by atoms with Crippen molar-refractivity contribution in [2.45, 2.75) is 19.9 Å². The van der Waals surface area contributed by atoms with Gasteiger partial charge >= 0.3 is 0 Å². The third-order valence-electron chi connectivity index (χ3n) is 3.41. The molecule has 0 bridgehead atoms. The predicted octanol–water partition coefficient (Wildman–Crippen LogP) is 1.37. The molecule has 4 heterocycles. The van der Waals surface area contributed by atoms with Gasteiger partial charge in [0.15, 0.2) is 11.0 Å². The summed E-state index contributed by atoms with van der Waals surface area (Å²) < 4.78 is 5.21. The summed E-state index contributed by atoms with van der Waals surface area (Å²) >= 11 is 1.53. The van der Waals surface area contributed by atoms with Gasteiger partial charge in [-0.2, -0.15) is 10.1 Å². The lowest BCUT2D eigenvalue weighted by atomic mass is 10.2. The van der Waals surface area contributed by atoms with Gasteiger partial charge in [0.1, 0.15) is 5.82 Å². The van der Waals surface area contributed by atoms with E-state index in [4.69, 9.17) is 10.3 Å². The highest BCUT2D eigenvalue weighted by atomic mass is 32.1. The minimum absolute atomic E-state index is 0.542. The molecule has 0 fully saturated rings. The Balaban J connectivity index is 1.72. The Kier molecular flexibility index (Phi) is 2.67. The number of thiazole rings is 1. The second-order valence-electron chi connectivity index (χ2n) is 4.86. The molecule has 0 atom stereocenters. The van der Waals surface area contributed by atoms with E-state index in [0.717, 1.165) is 30.0 Å². The van der Waals surface area contributed by atoms with E-state index in [9.17, 15) is 0 Å². The van der Waals surface area contributed by atoms with E-state index in [-0.39, 0.29) is 0 Å². The molecule has 0 aromatic carbocycles. The van der Waals surface area contributed by atoms with E-state index in [2.05, 4.69) is 30.2 Å². The number of nitrogens with two attached hydrogens (primary N) is 1. The predicted molar refractivity (Wildman–Crippen MR) is 77.9 cm³/mol. The summed E-state index contributed by atoms with van der Waals surface area (Å²) in [4.78, 5) is 12.0. The fraction of sp³-hybridized carbons (Fsp3) is 0.333. The van der Waals surface area contributed by atoms with Gasteiger partial charge in [0.05, 0.1) is 24.0 Å². The van der Waals surface area contributed by atoms with Gasteiger partial charge in [-0.15, -0.1) is 11.3 Å². The smallest absolute Gasteiger partial charge is 0.246 e. The number of nitrogens with zero attached hydrogens (tertiary/aromatic N) is 5. The number of hydrogen-bond donors (Lipinski definition) is 2. The first-order valence-corrected chi connectivity index (χ1v) is 7.35. The van der Waals surface area contributed by atoms with Gasteiger partial charge in [-0.1, -0.05) is 5.16 Å². The molecule has 4 rings (SSSR count).